The number of halogens is 3. The molecule has 0 saturated heterocycles. The SMILES string of the molecule is Cc1cc2ncccc2c(-c2ccc3c4c(ccnc24)CCO3)c1[C@H](CO)OC(C)(C)C(F)(F)F. The molecule has 0 saturated carbocycles. The fourth-order valence-electron chi connectivity index (χ4n) is 4.79. The molecule has 2 aromatic carbocycles. The monoisotopic (exact) mass is 482 g/mol. The number of aliphatic hydroxyl groups excluding tert-OH is 1. The second kappa shape index (κ2) is 8.46. The van der Waals surface area contributed by atoms with Gasteiger partial charge in [-0.25, -0.2) is 0 Å². The van der Waals surface area contributed by atoms with Crippen LogP contribution in [-0.2, 0) is 11.2 Å². The van der Waals surface area contributed by atoms with Crippen molar-refractivity contribution >= 4 is 21.8 Å². The van der Waals surface area contributed by atoms with Crippen LogP contribution in [0.5, 0.6) is 5.75 Å². The number of rotatable bonds is 5. The summed E-state index contributed by atoms with van der Waals surface area (Å²) in [4.78, 5) is 9.14. The molecule has 0 unspecified atom stereocenters. The molecule has 4 aromatic rings. The highest BCUT2D eigenvalue weighted by Gasteiger charge is 2.50. The molecule has 3 heterocycles. The topological polar surface area (TPSA) is 64.5 Å². The van der Waals surface area contributed by atoms with Crippen molar-refractivity contribution in [3.8, 4) is 16.9 Å². The minimum Gasteiger partial charge on any atom is -0.493 e. The number of hydrogen-bond acceptors (Lipinski definition) is 5. The van der Waals surface area contributed by atoms with E-state index in [1.807, 2.05) is 30.3 Å². The van der Waals surface area contributed by atoms with Crippen molar-refractivity contribution in [2.24, 2.45) is 0 Å². The Morgan fingerprint density at radius 3 is 2.66 bits per heavy atom. The first kappa shape index (κ1) is 23.5. The van der Waals surface area contributed by atoms with Gasteiger partial charge in [0, 0.05) is 35.2 Å². The molecular formula is C27H25F3N2O3. The number of alkyl halides is 3. The van der Waals surface area contributed by atoms with Gasteiger partial charge in [-0.15, -0.1) is 0 Å². The molecule has 0 bridgehead atoms. The Labute approximate surface area is 200 Å². The summed E-state index contributed by atoms with van der Waals surface area (Å²) >= 11 is 0. The number of benzene rings is 2. The van der Waals surface area contributed by atoms with Crippen LogP contribution in [0.15, 0.2) is 48.8 Å². The molecule has 1 N–H and O–H groups in total. The number of nitrogens with zero attached hydrogens (tertiary/aromatic N) is 2. The van der Waals surface area contributed by atoms with E-state index in [1.165, 1.54) is 0 Å². The van der Waals surface area contributed by atoms with E-state index in [2.05, 4.69) is 9.97 Å². The van der Waals surface area contributed by atoms with Gasteiger partial charge in [-0.05, 0) is 73.4 Å². The lowest BCUT2D eigenvalue weighted by molar-refractivity contribution is -0.280. The van der Waals surface area contributed by atoms with Crippen LogP contribution in [0.2, 0.25) is 0 Å². The normalized spacial score (nSPS) is 14.8. The van der Waals surface area contributed by atoms with Crippen molar-refractivity contribution in [2.45, 2.75) is 45.1 Å². The summed E-state index contributed by atoms with van der Waals surface area (Å²) in [7, 11) is 0. The third-order valence-electron chi connectivity index (χ3n) is 6.60. The Bertz CT molecular complexity index is 1420. The predicted octanol–water partition coefficient (Wildman–Crippen LogP) is 6.08. The van der Waals surface area contributed by atoms with Crippen LogP contribution in [0, 0.1) is 6.92 Å². The molecule has 35 heavy (non-hydrogen) atoms. The average Bonchev–Trinajstić information content (AvgIpc) is 2.82. The molecular weight excluding hydrogens is 457 g/mol. The maximum absolute atomic E-state index is 13.7. The summed E-state index contributed by atoms with van der Waals surface area (Å²) in [5.41, 5.74) is 2.51. The van der Waals surface area contributed by atoms with Gasteiger partial charge in [0.2, 0.25) is 0 Å². The number of fused-ring (bicyclic) bond motifs is 1. The van der Waals surface area contributed by atoms with Gasteiger partial charge in [0.05, 0.1) is 24.2 Å². The van der Waals surface area contributed by atoms with Crippen LogP contribution >= 0.6 is 0 Å². The van der Waals surface area contributed by atoms with Gasteiger partial charge in [0.25, 0.3) is 0 Å². The summed E-state index contributed by atoms with van der Waals surface area (Å²) in [5.74, 6) is 0.725. The molecule has 5 rings (SSSR count). The van der Waals surface area contributed by atoms with E-state index in [-0.39, 0.29) is 0 Å². The number of pyridine rings is 2. The van der Waals surface area contributed by atoms with E-state index in [9.17, 15) is 18.3 Å². The summed E-state index contributed by atoms with van der Waals surface area (Å²) in [6.45, 7) is 3.67. The van der Waals surface area contributed by atoms with Gasteiger partial charge in [0.1, 0.15) is 11.9 Å². The van der Waals surface area contributed by atoms with Crippen LogP contribution in [0.1, 0.15) is 36.6 Å². The minimum atomic E-state index is -4.62. The van der Waals surface area contributed by atoms with Gasteiger partial charge in [-0.3, -0.25) is 9.97 Å². The Kier molecular flexibility index (Phi) is 5.68. The smallest absolute Gasteiger partial charge is 0.416 e. The number of aromatic nitrogens is 2. The van der Waals surface area contributed by atoms with E-state index in [4.69, 9.17) is 9.47 Å². The van der Waals surface area contributed by atoms with Gasteiger partial charge in [-0.1, -0.05) is 6.07 Å². The quantitative estimate of drug-likeness (QED) is 0.373. The van der Waals surface area contributed by atoms with E-state index in [0.717, 1.165) is 47.9 Å². The molecule has 1 atom stereocenters. The van der Waals surface area contributed by atoms with Gasteiger partial charge < -0.3 is 14.6 Å². The van der Waals surface area contributed by atoms with Crippen molar-refractivity contribution in [3.05, 3.63) is 65.5 Å². The molecule has 1 aliphatic heterocycles. The third-order valence-corrected chi connectivity index (χ3v) is 6.60. The van der Waals surface area contributed by atoms with Crippen LogP contribution < -0.4 is 4.74 Å². The van der Waals surface area contributed by atoms with Crippen molar-refractivity contribution in [1.29, 1.82) is 0 Å². The molecule has 182 valence electrons. The number of aliphatic hydroxyl groups is 1. The summed E-state index contributed by atoms with van der Waals surface area (Å²) in [5, 5.41) is 11.9. The van der Waals surface area contributed by atoms with Crippen LogP contribution in [0.25, 0.3) is 32.9 Å². The number of aryl methyl sites for hydroxylation is 1. The lowest BCUT2D eigenvalue weighted by Crippen LogP contribution is -2.43. The van der Waals surface area contributed by atoms with Crippen molar-refractivity contribution in [3.63, 3.8) is 0 Å². The van der Waals surface area contributed by atoms with Crippen molar-refractivity contribution < 1.29 is 27.8 Å². The maximum Gasteiger partial charge on any atom is 0.416 e. The lowest BCUT2D eigenvalue weighted by atomic mass is 9.86. The largest absolute Gasteiger partial charge is 0.493 e. The van der Waals surface area contributed by atoms with Crippen LogP contribution in [0.4, 0.5) is 13.2 Å². The highest BCUT2D eigenvalue weighted by Crippen LogP contribution is 2.45. The van der Waals surface area contributed by atoms with E-state index < -0.39 is 24.5 Å². The number of ether oxygens (including phenoxy) is 2. The second-order valence-corrected chi connectivity index (χ2v) is 9.25. The van der Waals surface area contributed by atoms with E-state index in [1.54, 1.807) is 25.4 Å². The predicted molar refractivity (Wildman–Crippen MR) is 127 cm³/mol. The Morgan fingerprint density at radius 2 is 1.91 bits per heavy atom. The Morgan fingerprint density at radius 1 is 1.11 bits per heavy atom. The standard InChI is InChI=1S/C27H25F3N2O3/c1-15-13-19-17(5-4-10-31-19)24(22(15)21(14-33)35-26(2,3)27(28,29)30)18-6-7-20-23-16(9-12-34-20)8-11-32-25(18)23/h4-8,10-11,13,21,33H,9,12,14H2,1-3H3/t21-/m0/s1. The maximum atomic E-state index is 13.7. The zero-order chi connectivity index (χ0) is 25.0. The second-order valence-electron chi connectivity index (χ2n) is 9.25. The van der Waals surface area contributed by atoms with Gasteiger partial charge >= 0.3 is 6.18 Å². The van der Waals surface area contributed by atoms with Gasteiger partial charge in [0.15, 0.2) is 5.60 Å². The highest BCUT2D eigenvalue weighted by molar-refractivity contribution is 6.07. The molecule has 0 spiro atoms. The first-order valence-corrected chi connectivity index (χ1v) is 11.4. The minimum absolute atomic E-state index is 0.476. The molecule has 0 aliphatic carbocycles. The van der Waals surface area contributed by atoms with E-state index >= 15 is 0 Å². The van der Waals surface area contributed by atoms with Crippen molar-refractivity contribution in [2.75, 3.05) is 13.2 Å². The van der Waals surface area contributed by atoms with Gasteiger partial charge in [-0.2, -0.15) is 13.2 Å². The molecule has 0 radical (unpaired) electrons. The number of hydrogen-bond donors (Lipinski definition) is 1. The highest BCUT2D eigenvalue weighted by atomic mass is 19.4. The fourth-order valence-corrected chi connectivity index (χ4v) is 4.79. The molecule has 5 nitrogen and oxygen atoms in total. The third kappa shape index (κ3) is 3.90. The Hall–Kier alpha value is -3.23. The summed E-state index contributed by atoms with van der Waals surface area (Å²) in [6, 6.07) is 11.2. The molecule has 1 aliphatic rings. The first-order valence-electron chi connectivity index (χ1n) is 11.4. The first-order chi connectivity index (χ1) is 16.6. The lowest BCUT2D eigenvalue weighted by Gasteiger charge is -2.34. The van der Waals surface area contributed by atoms with Crippen molar-refractivity contribution in [1.82, 2.24) is 9.97 Å². The van der Waals surface area contributed by atoms with E-state index in [0.29, 0.717) is 34.3 Å². The summed E-state index contributed by atoms with van der Waals surface area (Å²) in [6.07, 6.45) is -1.71. The fraction of sp³-hybridized carbons (Fsp3) is 0.333. The zero-order valence-corrected chi connectivity index (χ0v) is 19.6. The van der Waals surface area contributed by atoms with Crippen LogP contribution in [0.3, 0.4) is 0 Å². The molecule has 0 fully saturated rings. The Balaban J connectivity index is 1.83. The molecule has 0 amide bonds. The van der Waals surface area contributed by atoms with Crippen LogP contribution in [-0.4, -0.2) is 40.1 Å². The molecule has 8 heteroatoms. The summed E-state index contributed by atoms with van der Waals surface area (Å²) < 4.78 is 52.6. The molecule has 2 aromatic heterocycles. The zero-order valence-electron chi connectivity index (χ0n) is 19.6. The average molecular weight is 483 g/mol.